The van der Waals surface area contributed by atoms with E-state index in [-0.39, 0.29) is 174 Å². The van der Waals surface area contributed by atoms with Gasteiger partial charge in [0.25, 0.3) is 0 Å². The van der Waals surface area contributed by atoms with Crippen molar-refractivity contribution in [3.63, 3.8) is 0 Å². The smallest absolute Gasteiger partial charge is 0.543 e. The van der Waals surface area contributed by atoms with Gasteiger partial charge in [0.15, 0.2) is 0 Å². The van der Waals surface area contributed by atoms with Gasteiger partial charge in [-0.15, -0.1) is 0 Å². The maximum Gasteiger partial charge on any atom is 4.00 e. The van der Waals surface area contributed by atoms with Crippen molar-refractivity contribution < 1.29 is 242 Å². The fourth-order valence-electron chi connectivity index (χ4n) is 2.65. The molecule has 0 saturated heterocycles. The summed E-state index contributed by atoms with van der Waals surface area (Å²) >= 11 is 0. The molecule has 35 heteroatoms. The molecule has 0 aromatic carbocycles. The first-order chi connectivity index (χ1) is 22.4. The molecule has 63 heavy (non-hydrogen) atoms. The van der Waals surface area contributed by atoms with E-state index in [1.54, 1.807) is 0 Å². The third kappa shape index (κ3) is 38.2. The summed E-state index contributed by atoms with van der Waals surface area (Å²) in [6.07, 6.45) is 0. The van der Waals surface area contributed by atoms with Crippen molar-refractivity contribution >= 4 is 47.8 Å². The van der Waals surface area contributed by atoms with Crippen molar-refractivity contribution in [3.05, 3.63) is 118 Å². The Labute approximate surface area is 423 Å². The standard InChI is InChI=1S/4C7H5NO4.Ce.Eu.13H2O/c4*9-6(10)4-2-1-3-5(8-4)7(11)12;;;;;;;;;;;;;;;/h4*1-3H,(H,9,10)(H,11,12);;;13*1H2/q;;;;+4;+3;;;;;;;;;;;;;/p-1. The molecule has 0 amide bonds. The molecule has 0 unspecified atom stereocenters. The van der Waals surface area contributed by atoms with E-state index in [1.165, 1.54) is 36.4 Å². The van der Waals surface area contributed by atoms with E-state index in [0.717, 1.165) is 36.4 Å². The molecule has 0 aliphatic carbocycles. The zero-order valence-corrected chi connectivity index (χ0v) is 36.7. The van der Waals surface area contributed by atoms with Crippen LogP contribution in [0.4, 0.5) is 0 Å². The van der Waals surface area contributed by atoms with Crippen LogP contribution in [0.5, 0.6) is 0 Å². The number of carboxylic acids is 8. The summed E-state index contributed by atoms with van der Waals surface area (Å²) in [6, 6.07) is 14.3. The van der Waals surface area contributed by atoms with Crippen molar-refractivity contribution in [2.45, 2.75) is 0 Å². The average Bonchev–Trinajstić information content (AvgIpc) is 3.05. The Morgan fingerprint density at radius 1 is 0.317 bits per heavy atom. The van der Waals surface area contributed by atoms with Crippen LogP contribution >= 0.6 is 0 Å². The summed E-state index contributed by atoms with van der Waals surface area (Å²) in [7, 11) is 0. The molecule has 0 radical (unpaired) electrons. The molecule has 33 nitrogen and oxygen atoms in total. The van der Waals surface area contributed by atoms with Gasteiger partial charge in [0, 0.05) is 0 Å². The van der Waals surface area contributed by atoms with Gasteiger partial charge in [0.2, 0.25) is 0 Å². The second-order valence-corrected chi connectivity index (χ2v) is 7.95. The Morgan fingerprint density at radius 2 is 0.429 bits per heavy atom. The van der Waals surface area contributed by atoms with Gasteiger partial charge in [-0.1, -0.05) is 24.3 Å². The van der Waals surface area contributed by atoms with Crippen molar-refractivity contribution in [2.24, 2.45) is 0 Å². The molecular formula is C28H45CeEuN4O29+6. The van der Waals surface area contributed by atoms with Gasteiger partial charge in [-0.2, -0.15) is 0 Å². The van der Waals surface area contributed by atoms with Gasteiger partial charge in [-0.05, 0) is 48.5 Å². The third-order valence-corrected chi connectivity index (χ3v) is 4.68. The number of hydrogen-bond donors (Lipinski definition) is 1. The minimum atomic E-state index is -1.52. The van der Waals surface area contributed by atoms with Gasteiger partial charge in [0.1, 0.15) is 5.69 Å². The first kappa shape index (κ1) is 102. The minimum Gasteiger partial charge on any atom is -0.543 e. The van der Waals surface area contributed by atoms with E-state index in [1.807, 2.05) is 0 Å². The van der Waals surface area contributed by atoms with Crippen LogP contribution in [0.3, 0.4) is 0 Å². The predicted molar refractivity (Wildman–Crippen MR) is 189 cm³/mol. The van der Waals surface area contributed by atoms with Crippen LogP contribution < -0.4 is 35.7 Å². The molecule has 0 aliphatic rings. The van der Waals surface area contributed by atoms with Gasteiger partial charge in [0.05, 0.1) is 81.6 Å². The van der Waals surface area contributed by atoms with Gasteiger partial charge in [-0.25, -0.2) is 24.7 Å². The number of carboxylic acid groups (broad SMARTS) is 8. The molecule has 4 rings (SSSR count). The second kappa shape index (κ2) is 51.2. The van der Waals surface area contributed by atoms with Crippen LogP contribution in [-0.4, -0.2) is 111 Å². The summed E-state index contributed by atoms with van der Waals surface area (Å²) in [5.41, 5.74) is -3.21. The van der Waals surface area contributed by atoms with Gasteiger partial charge >= 0.3 is 97.1 Å². The van der Waals surface area contributed by atoms with Crippen LogP contribution in [-0.2, 0) is 32.9 Å². The Kier molecular flexibility index (Phi) is 82.7. The first-order valence-corrected chi connectivity index (χ1v) is 12.1. The normalized spacial score (nSPS) is 7.11. The molecule has 0 fully saturated rings. The SMILES string of the molecule is O.O.O.O.O.O.O.O=C([O-])c1cccc(C(=O)O)n1.O=C([O-])c1cccc(C(=O)[O-])n1.O=C([O-])c1cccc(C(=O)[O-])n1.O=C([O-])c1cccc(C(=O)[O-])n1.[Ce+4].[Eu+3].[OH3+].[OH3+].[OH3+].[OH3+].[OH3+].[OH3+]. The monoisotopic (exact) mass is 1190 g/mol. The number of aromatic carboxylic acids is 8. The average molecular weight is 1190 g/mol. The number of pyridine rings is 4. The zero-order chi connectivity index (χ0) is 36.6. The van der Waals surface area contributed by atoms with E-state index >= 15 is 0 Å². The molecule has 33 N–H and O–H groups in total. The molecule has 4 heterocycles. The maximum absolute atomic E-state index is 10.3. The minimum absolute atomic E-state index is 0. The summed E-state index contributed by atoms with van der Waals surface area (Å²) in [4.78, 5) is 94.7. The summed E-state index contributed by atoms with van der Waals surface area (Å²) in [5, 5.41) is 79.8. The maximum atomic E-state index is 10.3. The van der Waals surface area contributed by atoms with Crippen molar-refractivity contribution in [1.82, 2.24) is 19.9 Å². The number of nitrogens with zero attached hydrogens (tertiary/aromatic N) is 4. The molecule has 0 aliphatic heterocycles. The molecular weight excluding hydrogens is 1150 g/mol. The Bertz CT molecular complexity index is 1520. The number of hydrogen-bond acceptors (Lipinski definition) is 19. The molecule has 0 bridgehead atoms. The van der Waals surface area contributed by atoms with E-state index < -0.39 is 81.9 Å². The van der Waals surface area contributed by atoms with E-state index in [2.05, 4.69) is 19.9 Å². The molecule has 4 aromatic heterocycles. The summed E-state index contributed by atoms with van der Waals surface area (Å²) in [5.74, 6) is -11.8. The quantitative estimate of drug-likeness (QED) is 0.160. The number of carbonyl (C=O) groups is 8. The third-order valence-electron chi connectivity index (χ3n) is 4.68. The van der Waals surface area contributed by atoms with Crippen molar-refractivity contribution in [2.75, 3.05) is 0 Å². The second-order valence-electron chi connectivity index (χ2n) is 7.95. The van der Waals surface area contributed by atoms with E-state index in [4.69, 9.17) is 5.11 Å². The molecule has 0 spiro atoms. The number of aromatic nitrogens is 4. The molecule has 0 saturated carbocycles. The van der Waals surface area contributed by atoms with Gasteiger partial charge < -0.3 is 146 Å². The van der Waals surface area contributed by atoms with Crippen LogP contribution in [0.1, 0.15) is 83.9 Å². The molecule has 356 valence electrons. The van der Waals surface area contributed by atoms with Gasteiger partial charge in [-0.3, -0.25) is 0 Å². The Balaban J connectivity index is -0.0000000348. The van der Waals surface area contributed by atoms with E-state index in [0.29, 0.717) is 0 Å². The Morgan fingerprint density at radius 3 is 0.540 bits per heavy atom. The topological polar surface area (TPSA) is 788 Å². The van der Waals surface area contributed by atoms with Crippen molar-refractivity contribution in [3.8, 4) is 0 Å². The number of rotatable bonds is 8. The summed E-state index contributed by atoms with van der Waals surface area (Å²) in [6.45, 7) is 0. The summed E-state index contributed by atoms with van der Waals surface area (Å²) < 4.78 is 0. The first-order valence-electron chi connectivity index (χ1n) is 12.1. The van der Waals surface area contributed by atoms with Crippen LogP contribution in [0, 0.1) is 91.1 Å². The Hall–Kier alpha value is -5.20. The number of carbonyl (C=O) groups excluding carboxylic acids is 7. The molecule has 0 atom stereocenters. The zero-order valence-electron chi connectivity index (χ0n) is 31.1. The largest absolute Gasteiger partial charge is 4.00 e. The van der Waals surface area contributed by atoms with Crippen LogP contribution in [0.15, 0.2) is 72.8 Å². The van der Waals surface area contributed by atoms with Crippen LogP contribution in [0.2, 0.25) is 0 Å². The fourth-order valence-corrected chi connectivity index (χ4v) is 2.65. The van der Waals surface area contributed by atoms with Crippen molar-refractivity contribution in [1.29, 1.82) is 0 Å². The van der Waals surface area contributed by atoms with E-state index in [9.17, 15) is 74.1 Å². The molecule has 4 aromatic rings. The van der Waals surface area contributed by atoms with Crippen LogP contribution in [0.25, 0.3) is 0 Å². The fraction of sp³-hybridized carbons (Fsp3) is 0. The predicted octanol–water partition coefficient (Wildman–Crippen LogP) is -18.7.